The number of rotatable bonds is 4. The highest BCUT2D eigenvalue weighted by Crippen LogP contribution is 2.16. The molecule has 1 aromatic rings. The van der Waals surface area contributed by atoms with Crippen molar-refractivity contribution in [3.63, 3.8) is 0 Å². The molecule has 1 aromatic heterocycles. The number of carbonyl (C=O) groups is 1. The van der Waals surface area contributed by atoms with Crippen LogP contribution in [0.5, 0.6) is 0 Å². The van der Waals surface area contributed by atoms with E-state index in [0.29, 0.717) is 18.9 Å². The third-order valence-corrected chi connectivity index (χ3v) is 2.08. The summed E-state index contributed by atoms with van der Waals surface area (Å²) in [4.78, 5) is 20.7. The zero-order valence-electron chi connectivity index (χ0n) is 9.18. The number of furan rings is 1. The van der Waals surface area contributed by atoms with Gasteiger partial charge in [0.25, 0.3) is 0 Å². The number of ether oxygens (including phenoxy) is 1. The first-order valence-electron chi connectivity index (χ1n) is 5.06. The van der Waals surface area contributed by atoms with Gasteiger partial charge in [0.05, 0.1) is 12.6 Å². The van der Waals surface area contributed by atoms with Gasteiger partial charge in [0.2, 0.25) is 0 Å². The normalized spacial score (nSPS) is 15.8. The van der Waals surface area contributed by atoms with Crippen molar-refractivity contribution in [3.05, 3.63) is 34.1 Å². The highest BCUT2D eigenvalue weighted by atomic mass is 16.6. The van der Waals surface area contributed by atoms with Crippen molar-refractivity contribution in [2.45, 2.75) is 0 Å². The largest absolute Gasteiger partial charge is 0.446 e. The second-order valence-corrected chi connectivity index (χ2v) is 3.29. The summed E-state index contributed by atoms with van der Waals surface area (Å²) < 4.78 is 9.55. The van der Waals surface area contributed by atoms with Crippen molar-refractivity contribution in [2.24, 2.45) is 5.10 Å². The van der Waals surface area contributed by atoms with Gasteiger partial charge in [-0.2, -0.15) is 10.1 Å². The minimum atomic E-state index is -0.619. The van der Waals surface area contributed by atoms with Gasteiger partial charge in [-0.15, -0.1) is 0 Å². The van der Waals surface area contributed by atoms with Crippen LogP contribution in [0, 0.1) is 10.1 Å². The summed E-state index contributed by atoms with van der Waals surface area (Å²) in [6, 6.07) is 2.72. The van der Waals surface area contributed by atoms with E-state index in [4.69, 9.17) is 4.42 Å². The van der Waals surface area contributed by atoms with Gasteiger partial charge in [-0.1, -0.05) is 0 Å². The zero-order valence-corrected chi connectivity index (χ0v) is 9.18. The summed E-state index contributed by atoms with van der Waals surface area (Å²) in [6.07, 6.45) is 3.89. The number of amides is 1. The van der Waals surface area contributed by atoms with E-state index in [0.717, 1.165) is 0 Å². The highest BCUT2D eigenvalue weighted by Gasteiger charge is 2.20. The monoisotopic (exact) mass is 251 g/mol. The summed E-state index contributed by atoms with van der Waals surface area (Å²) >= 11 is 0. The predicted octanol–water partition coefficient (Wildman–Crippen LogP) is 1.64. The first-order valence-corrected chi connectivity index (χ1v) is 5.06. The number of carbonyl (C=O) groups excluding carboxylic acids is 1. The molecule has 0 bridgehead atoms. The molecular weight excluding hydrogens is 242 g/mol. The molecule has 0 radical (unpaired) electrons. The van der Waals surface area contributed by atoms with Crippen LogP contribution in [0.1, 0.15) is 5.76 Å². The van der Waals surface area contributed by atoms with Gasteiger partial charge in [-0.3, -0.25) is 10.1 Å². The van der Waals surface area contributed by atoms with Crippen LogP contribution in [0.15, 0.2) is 27.7 Å². The second kappa shape index (κ2) is 5.13. The van der Waals surface area contributed by atoms with E-state index in [-0.39, 0.29) is 5.88 Å². The molecule has 0 atom stereocenters. The predicted molar refractivity (Wildman–Crippen MR) is 60.9 cm³/mol. The lowest BCUT2D eigenvalue weighted by atomic mass is 10.4. The fourth-order valence-corrected chi connectivity index (χ4v) is 1.28. The summed E-state index contributed by atoms with van der Waals surface area (Å²) in [7, 11) is 0. The third kappa shape index (κ3) is 2.73. The third-order valence-electron chi connectivity index (χ3n) is 2.08. The van der Waals surface area contributed by atoms with E-state index in [2.05, 4.69) is 9.84 Å². The van der Waals surface area contributed by atoms with E-state index in [1.165, 1.54) is 35.5 Å². The van der Waals surface area contributed by atoms with E-state index >= 15 is 0 Å². The van der Waals surface area contributed by atoms with Crippen LogP contribution in [0.4, 0.5) is 10.7 Å². The number of hydrogen-bond donors (Lipinski definition) is 0. The molecular formula is C10H9N3O5. The SMILES string of the molecule is O=C1OCCN1/N=C\C=C/c1ccc([N+](=O)[O-])o1. The number of nitrogens with zero attached hydrogens (tertiary/aromatic N) is 3. The van der Waals surface area contributed by atoms with Gasteiger partial charge >= 0.3 is 12.0 Å². The molecule has 1 aliphatic rings. The van der Waals surface area contributed by atoms with Crippen molar-refractivity contribution < 1.29 is 18.9 Å². The molecule has 0 spiro atoms. The molecule has 1 amide bonds. The number of hydrogen-bond acceptors (Lipinski definition) is 6. The molecule has 0 aliphatic carbocycles. The molecule has 2 rings (SSSR count). The Kier molecular flexibility index (Phi) is 3.37. The van der Waals surface area contributed by atoms with Crippen LogP contribution in [0.3, 0.4) is 0 Å². The van der Waals surface area contributed by atoms with E-state index in [1.807, 2.05) is 0 Å². The molecule has 18 heavy (non-hydrogen) atoms. The fraction of sp³-hybridized carbons (Fsp3) is 0.200. The molecule has 8 nitrogen and oxygen atoms in total. The average molecular weight is 251 g/mol. The summed E-state index contributed by atoms with van der Waals surface area (Å²) in [5.41, 5.74) is 0. The Morgan fingerprint density at radius 1 is 1.50 bits per heavy atom. The molecule has 8 heteroatoms. The maximum absolute atomic E-state index is 11.0. The molecule has 0 N–H and O–H groups in total. The van der Waals surface area contributed by atoms with Crippen LogP contribution in [0.25, 0.3) is 6.08 Å². The summed E-state index contributed by atoms with van der Waals surface area (Å²) in [5.74, 6) is 0.00635. The quantitative estimate of drug-likeness (QED) is 0.460. The molecule has 1 fully saturated rings. The maximum Gasteiger partial charge on any atom is 0.433 e. The Morgan fingerprint density at radius 3 is 2.94 bits per heavy atom. The number of nitro groups is 1. The lowest BCUT2D eigenvalue weighted by Crippen LogP contribution is -2.17. The highest BCUT2D eigenvalue weighted by molar-refractivity contribution is 5.79. The topological polar surface area (TPSA) is 98.2 Å². The molecule has 1 aliphatic heterocycles. The Bertz CT molecular complexity index is 519. The summed E-state index contributed by atoms with van der Waals surface area (Å²) in [5, 5.41) is 15.4. The lowest BCUT2D eigenvalue weighted by Gasteiger charge is -2.01. The zero-order chi connectivity index (χ0) is 13.0. The number of cyclic esters (lactones) is 1. The van der Waals surface area contributed by atoms with Gasteiger partial charge in [-0.25, -0.2) is 4.79 Å². The number of hydrazone groups is 1. The van der Waals surface area contributed by atoms with Crippen LogP contribution < -0.4 is 0 Å². The van der Waals surface area contributed by atoms with Crippen LogP contribution in [-0.4, -0.2) is 35.4 Å². The van der Waals surface area contributed by atoms with Crippen LogP contribution in [0.2, 0.25) is 0 Å². The van der Waals surface area contributed by atoms with Gasteiger partial charge in [-0.05, 0) is 18.2 Å². The van der Waals surface area contributed by atoms with E-state index in [1.54, 1.807) is 0 Å². The van der Waals surface area contributed by atoms with Crippen LogP contribution in [-0.2, 0) is 4.74 Å². The smallest absolute Gasteiger partial charge is 0.433 e. The van der Waals surface area contributed by atoms with Crippen molar-refractivity contribution >= 4 is 24.3 Å². The Hall–Kier alpha value is -2.64. The first-order chi connectivity index (χ1) is 8.66. The minimum Gasteiger partial charge on any atom is -0.446 e. The molecule has 0 aromatic carbocycles. The van der Waals surface area contributed by atoms with Crippen molar-refractivity contribution in [2.75, 3.05) is 13.2 Å². The lowest BCUT2D eigenvalue weighted by molar-refractivity contribution is -0.402. The molecule has 94 valence electrons. The average Bonchev–Trinajstić information content (AvgIpc) is 2.94. The number of allylic oxidation sites excluding steroid dienone is 1. The molecule has 0 saturated carbocycles. The van der Waals surface area contributed by atoms with Gasteiger partial charge in [0.15, 0.2) is 0 Å². The van der Waals surface area contributed by atoms with Crippen molar-refractivity contribution in [3.8, 4) is 0 Å². The Morgan fingerprint density at radius 2 is 2.33 bits per heavy atom. The van der Waals surface area contributed by atoms with Gasteiger partial charge < -0.3 is 9.15 Å². The Balaban J connectivity index is 1.92. The van der Waals surface area contributed by atoms with Crippen LogP contribution >= 0.6 is 0 Å². The molecule has 2 heterocycles. The first kappa shape index (κ1) is 11.8. The van der Waals surface area contributed by atoms with Crippen molar-refractivity contribution in [1.82, 2.24) is 5.01 Å². The van der Waals surface area contributed by atoms with Gasteiger partial charge in [0, 0.05) is 6.21 Å². The maximum atomic E-state index is 11.0. The molecule has 0 unspecified atom stereocenters. The summed E-state index contributed by atoms with van der Waals surface area (Å²) in [6.45, 7) is 0.736. The standard InChI is InChI=1S/C10H9N3O5/c14-10-12(6-7-17-10)11-5-1-2-8-3-4-9(18-8)13(15)16/h1-5H,6-7H2/b2-1-,11-5-. The van der Waals surface area contributed by atoms with E-state index < -0.39 is 11.0 Å². The second-order valence-electron chi connectivity index (χ2n) is 3.29. The van der Waals surface area contributed by atoms with Crippen molar-refractivity contribution in [1.29, 1.82) is 0 Å². The Labute approximate surface area is 101 Å². The molecule has 1 saturated heterocycles. The fourth-order valence-electron chi connectivity index (χ4n) is 1.28. The minimum absolute atomic E-state index is 0.324. The van der Waals surface area contributed by atoms with E-state index in [9.17, 15) is 14.9 Å². The van der Waals surface area contributed by atoms with Gasteiger partial charge in [0.1, 0.15) is 17.3 Å².